The molecular weight excluding hydrogens is 348 g/mol. The summed E-state index contributed by atoms with van der Waals surface area (Å²) in [6, 6.07) is -2.16. The van der Waals surface area contributed by atoms with Gasteiger partial charge in [-0.1, -0.05) is 39.5 Å². The first-order valence-electron chi connectivity index (χ1n) is 7.84. The Morgan fingerprint density at radius 1 is 0.769 bits per heavy atom. The first-order valence-corrected chi connectivity index (χ1v) is 7.84. The molecule has 0 fully saturated rings. The lowest BCUT2D eigenvalue weighted by Crippen LogP contribution is -2.44. The molecule has 146 valence electrons. The van der Waals surface area contributed by atoms with Crippen LogP contribution in [0.2, 0.25) is 0 Å². The summed E-state index contributed by atoms with van der Waals surface area (Å²) in [7, 11) is 0. The van der Waals surface area contributed by atoms with Crippen LogP contribution in [0.1, 0.15) is 27.7 Å². The first kappa shape index (κ1) is 23.0. The van der Waals surface area contributed by atoms with Crippen LogP contribution in [0.3, 0.4) is 0 Å². The van der Waals surface area contributed by atoms with Crippen molar-refractivity contribution in [3.05, 3.63) is 0 Å². The van der Waals surface area contributed by atoms with Gasteiger partial charge in [-0.05, 0) is 11.8 Å². The smallest absolute Gasteiger partial charge is 0.408 e. The molecule has 0 aromatic rings. The Hall–Kier alpha value is -2.96. The van der Waals surface area contributed by atoms with Crippen molar-refractivity contribution in [1.82, 2.24) is 10.6 Å². The van der Waals surface area contributed by atoms with E-state index in [0.717, 1.165) is 0 Å². The molecule has 0 aliphatic rings. The zero-order chi connectivity index (χ0) is 20.3. The topological polar surface area (TPSA) is 151 Å². The average Bonchev–Trinajstić information content (AvgIpc) is 2.52. The number of amides is 2. The van der Waals surface area contributed by atoms with Crippen molar-refractivity contribution < 1.29 is 38.9 Å². The molecule has 0 aromatic heterocycles. The van der Waals surface area contributed by atoms with Crippen molar-refractivity contribution in [3.8, 4) is 11.8 Å². The van der Waals surface area contributed by atoms with Gasteiger partial charge >= 0.3 is 24.1 Å². The summed E-state index contributed by atoms with van der Waals surface area (Å²) in [5, 5.41) is 22.2. The molecule has 10 nitrogen and oxygen atoms in total. The number of ether oxygens (including phenoxy) is 2. The molecule has 0 aliphatic carbocycles. The largest absolute Gasteiger partial charge is 0.480 e. The van der Waals surface area contributed by atoms with Gasteiger partial charge in [0.1, 0.15) is 12.1 Å². The van der Waals surface area contributed by atoms with E-state index in [4.69, 9.17) is 10.2 Å². The average molecular weight is 372 g/mol. The standard InChI is InChI=1S/C16H24N2O8/c1-9(2)11(13(19)20)17-15(23)25-7-5-6-8-26-16(24)18-12(10(3)4)14(21)22/h9-12H,7-8H2,1-4H3,(H,17,23)(H,18,24)(H,19,20)(H,21,22)/t11-,12-/m0/s1. The summed E-state index contributed by atoms with van der Waals surface area (Å²) in [6.45, 7) is 5.88. The Balaban J connectivity index is 4.17. The predicted molar refractivity (Wildman–Crippen MR) is 89.3 cm³/mol. The van der Waals surface area contributed by atoms with E-state index in [9.17, 15) is 19.2 Å². The number of hydrogen-bond acceptors (Lipinski definition) is 6. The van der Waals surface area contributed by atoms with Crippen molar-refractivity contribution in [2.24, 2.45) is 11.8 Å². The number of rotatable bonds is 8. The van der Waals surface area contributed by atoms with E-state index < -0.39 is 36.2 Å². The summed E-state index contributed by atoms with van der Waals surface area (Å²) in [5.41, 5.74) is 0. The van der Waals surface area contributed by atoms with Crippen molar-refractivity contribution in [2.45, 2.75) is 39.8 Å². The Labute approximate surface area is 151 Å². The van der Waals surface area contributed by atoms with Gasteiger partial charge in [0.05, 0.1) is 0 Å². The van der Waals surface area contributed by atoms with Crippen molar-refractivity contribution in [1.29, 1.82) is 0 Å². The summed E-state index contributed by atoms with van der Waals surface area (Å²) in [4.78, 5) is 44.7. The van der Waals surface area contributed by atoms with Crippen LogP contribution in [0.4, 0.5) is 9.59 Å². The maximum absolute atomic E-state index is 11.4. The van der Waals surface area contributed by atoms with Crippen LogP contribution in [0.5, 0.6) is 0 Å². The predicted octanol–water partition coefficient (Wildman–Crippen LogP) is 0.661. The van der Waals surface area contributed by atoms with Crippen LogP contribution in [-0.2, 0) is 19.1 Å². The third-order valence-corrected chi connectivity index (χ3v) is 3.09. The van der Waals surface area contributed by atoms with Gasteiger partial charge in [-0.3, -0.25) is 0 Å². The molecule has 26 heavy (non-hydrogen) atoms. The molecule has 2 amide bonds. The van der Waals surface area contributed by atoms with E-state index in [1.54, 1.807) is 27.7 Å². The number of alkyl carbamates (subject to hydrolysis) is 2. The molecule has 0 unspecified atom stereocenters. The highest BCUT2D eigenvalue weighted by atomic mass is 16.6. The van der Waals surface area contributed by atoms with E-state index in [-0.39, 0.29) is 25.0 Å². The second-order valence-electron chi connectivity index (χ2n) is 5.91. The highest BCUT2D eigenvalue weighted by Crippen LogP contribution is 2.02. The van der Waals surface area contributed by atoms with Gasteiger partial charge in [0.25, 0.3) is 0 Å². The van der Waals surface area contributed by atoms with Gasteiger partial charge in [-0.15, -0.1) is 0 Å². The SMILES string of the molecule is CC(C)[C@H](NC(=O)OCC#CCOC(=O)N[C@H](C(=O)O)C(C)C)C(=O)O. The molecule has 0 bridgehead atoms. The molecule has 4 N–H and O–H groups in total. The number of carboxylic acid groups (broad SMARTS) is 2. The van der Waals surface area contributed by atoms with Crippen LogP contribution in [-0.4, -0.2) is 59.6 Å². The van der Waals surface area contributed by atoms with E-state index in [2.05, 4.69) is 31.9 Å². The van der Waals surface area contributed by atoms with Crippen molar-refractivity contribution in [3.63, 3.8) is 0 Å². The van der Waals surface area contributed by atoms with E-state index in [0.29, 0.717) is 0 Å². The molecule has 0 rings (SSSR count). The zero-order valence-electron chi connectivity index (χ0n) is 15.1. The van der Waals surface area contributed by atoms with Gasteiger partial charge < -0.3 is 30.3 Å². The number of hydrogen-bond donors (Lipinski definition) is 4. The lowest BCUT2D eigenvalue weighted by atomic mass is 10.1. The second kappa shape index (κ2) is 11.6. The van der Waals surface area contributed by atoms with Gasteiger partial charge in [-0.25, -0.2) is 19.2 Å². The fraction of sp³-hybridized carbons (Fsp3) is 0.625. The molecule has 0 saturated carbocycles. The highest BCUT2D eigenvalue weighted by molar-refractivity contribution is 5.80. The van der Waals surface area contributed by atoms with Gasteiger partial charge in [-0.2, -0.15) is 0 Å². The Kier molecular flexibility index (Phi) is 10.3. The molecule has 0 aromatic carbocycles. The molecule has 0 heterocycles. The minimum absolute atomic E-state index is 0.321. The number of nitrogens with one attached hydrogen (secondary N) is 2. The monoisotopic (exact) mass is 372 g/mol. The third kappa shape index (κ3) is 9.36. The number of carbonyl (C=O) groups is 4. The lowest BCUT2D eigenvalue weighted by molar-refractivity contribution is -0.141. The third-order valence-electron chi connectivity index (χ3n) is 3.09. The highest BCUT2D eigenvalue weighted by Gasteiger charge is 2.24. The molecule has 0 saturated heterocycles. The van der Waals surface area contributed by atoms with Crippen LogP contribution in [0, 0.1) is 23.7 Å². The van der Waals surface area contributed by atoms with Crippen LogP contribution >= 0.6 is 0 Å². The molecule has 0 spiro atoms. The summed E-state index contributed by atoms with van der Waals surface area (Å²) >= 11 is 0. The molecule has 0 aliphatic heterocycles. The second-order valence-corrected chi connectivity index (χ2v) is 5.91. The zero-order valence-corrected chi connectivity index (χ0v) is 15.1. The molecular formula is C16H24N2O8. The Bertz CT molecular complexity index is 529. The van der Waals surface area contributed by atoms with Gasteiger partial charge in [0, 0.05) is 0 Å². The van der Waals surface area contributed by atoms with Crippen LogP contribution < -0.4 is 10.6 Å². The van der Waals surface area contributed by atoms with Gasteiger partial charge in [0.2, 0.25) is 0 Å². The van der Waals surface area contributed by atoms with E-state index >= 15 is 0 Å². The van der Waals surface area contributed by atoms with E-state index in [1.165, 1.54) is 0 Å². The maximum Gasteiger partial charge on any atom is 0.408 e. The van der Waals surface area contributed by atoms with Gasteiger partial charge in [0.15, 0.2) is 13.2 Å². The fourth-order valence-electron chi connectivity index (χ4n) is 1.67. The quantitative estimate of drug-likeness (QED) is 0.454. The Morgan fingerprint density at radius 2 is 1.08 bits per heavy atom. The lowest BCUT2D eigenvalue weighted by Gasteiger charge is -2.17. The summed E-state index contributed by atoms with van der Waals surface area (Å²) in [6.07, 6.45) is -1.86. The molecule has 10 heteroatoms. The van der Waals surface area contributed by atoms with Crippen molar-refractivity contribution >= 4 is 24.1 Å². The normalized spacial score (nSPS) is 12.4. The number of aliphatic carboxylic acids is 2. The summed E-state index contributed by atoms with van der Waals surface area (Å²) in [5.74, 6) is 1.80. The molecule has 0 radical (unpaired) electrons. The number of carboxylic acids is 2. The summed E-state index contributed by atoms with van der Waals surface area (Å²) < 4.78 is 9.37. The Morgan fingerprint density at radius 3 is 1.31 bits per heavy atom. The minimum Gasteiger partial charge on any atom is -0.480 e. The van der Waals surface area contributed by atoms with Crippen LogP contribution in [0.15, 0.2) is 0 Å². The fourth-order valence-corrected chi connectivity index (χ4v) is 1.67. The minimum atomic E-state index is -1.18. The number of carbonyl (C=O) groups excluding carboxylic acids is 2. The van der Waals surface area contributed by atoms with Crippen molar-refractivity contribution in [2.75, 3.05) is 13.2 Å². The van der Waals surface area contributed by atoms with E-state index in [1.807, 2.05) is 0 Å². The first-order chi connectivity index (χ1) is 12.1. The molecule has 2 atom stereocenters. The maximum atomic E-state index is 11.4. The van der Waals surface area contributed by atoms with Crippen LogP contribution in [0.25, 0.3) is 0 Å².